The first-order valence-corrected chi connectivity index (χ1v) is 7.61. The number of carbonyl (C=O) groups is 1. The topological polar surface area (TPSA) is 101 Å². The molecular weight excluding hydrogens is 280 g/mol. The number of nitrogens with zero attached hydrogens (tertiary/aromatic N) is 1. The molecule has 1 aliphatic rings. The summed E-state index contributed by atoms with van der Waals surface area (Å²) in [4.78, 5) is 13.0. The van der Waals surface area contributed by atoms with Gasteiger partial charge in [-0.05, 0) is 30.5 Å². The summed E-state index contributed by atoms with van der Waals surface area (Å²) < 4.78 is 30.8. The molecule has 2 rings (SSSR count). The lowest BCUT2D eigenvalue weighted by molar-refractivity contribution is -0.114. The van der Waals surface area contributed by atoms with Crippen LogP contribution in [0.25, 0.3) is 0 Å². The van der Waals surface area contributed by atoms with Gasteiger partial charge >= 0.3 is 0 Å². The molecule has 3 N–H and O–H groups in total. The molecule has 0 fully saturated rings. The van der Waals surface area contributed by atoms with Gasteiger partial charge in [-0.1, -0.05) is 12.1 Å². The molecule has 6 nitrogen and oxygen atoms in total. The van der Waals surface area contributed by atoms with Crippen LogP contribution in [-0.2, 0) is 21.5 Å². The van der Waals surface area contributed by atoms with Gasteiger partial charge in [0, 0.05) is 24.9 Å². The smallest absolute Gasteiger partial charge is 0.294 e. The fraction of sp³-hybridized carbons (Fsp3) is 0.308. The second kappa shape index (κ2) is 5.64. The number of hydrogen-bond acceptors (Lipinski definition) is 4. The average molecular weight is 296 g/mol. The maximum absolute atomic E-state index is 11.1. The Bertz CT molecular complexity index is 635. The van der Waals surface area contributed by atoms with Gasteiger partial charge in [0.25, 0.3) is 10.1 Å². The molecule has 0 spiro atoms. The lowest BCUT2D eigenvalue weighted by Gasteiger charge is -2.25. The molecular formula is C13H16N2O4S. The normalized spacial score (nSPS) is 15.8. The lowest BCUT2D eigenvalue weighted by Crippen LogP contribution is -2.27. The Morgan fingerprint density at radius 3 is 2.50 bits per heavy atom. The lowest BCUT2D eigenvalue weighted by atomic mass is 10.1. The van der Waals surface area contributed by atoms with Gasteiger partial charge in [-0.15, -0.1) is 0 Å². The van der Waals surface area contributed by atoms with E-state index in [9.17, 15) is 13.2 Å². The molecule has 7 heteroatoms. The minimum atomic E-state index is -4.16. The highest BCUT2D eigenvalue weighted by molar-refractivity contribution is 7.85. The highest BCUT2D eigenvalue weighted by Crippen LogP contribution is 2.18. The van der Waals surface area contributed by atoms with E-state index in [2.05, 4.69) is 0 Å². The molecule has 20 heavy (non-hydrogen) atoms. The van der Waals surface area contributed by atoms with Crippen LogP contribution in [0.3, 0.4) is 0 Å². The van der Waals surface area contributed by atoms with E-state index in [-0.39, 0.29) is 4.90 Å². The molecule has 0 saturated heterocycles. The van der Waals surface area contributed by atoms with Crippen molar-refractivity contribution in [3.8, 4) is 0 Å². The van der Waals surface area contributed by atoms with Crippen LogP contribution in [0.2, 0.25) is 0 Å². The highest BCUT2D eigenvalue weighted by Gasteiger charge is 2.14. The molecule has 1 amide bonds. The average Bonchev–Trinajstić information content (AvgIpc) is 2.38. The summed E-state index contributed by atoms with van der Waals surface area (Å²) in [5.41, 5.74) is 6.75. The fourth-order valence-corrected chi connectivity index (χ4v) is 2.61. The summed E-state index contributed by atoms with van der Waals surface area (Å²) >= 11 is 0. The molecule has 0 unspecified atom stereocenters. The molecule has 1 heterocycles. The minimum absolute atomic E-state index is 0.131. The first-order chi connectivity index (χ1) is 9.36. The van der Waals surface area contributed by atoms with Crippen LogP contribution in [0.15, 0.2) is 40.9 Å². The number of amides is 1. The summed E-state index contributed by atoms with van der Waals surface area (Å²) in [5.74, 6) is -0.406. The van der Waals surface area contributed by atoms with Gasteiger partial charge in [-0.2, -0.15) is 8.42 Å². The minimum Gasteiger partial charge on any atom is -0.373 e. The third-order valence-electron chi connectivity index (χ3n) is 3.15. The molecule has 0 aromatic heterocycles. The number of primary amides is 1. The van der Waals surface area contributed by atoms with Crippen LogP contribution in [0.1, 0.15) is 18.4 Å². The SMILES string of the molecule is NC(=O)C1=CN(Cc2ccc(S(=O)(=O)O)cc2)CCC1. The summed E-state index contributed by atoms with van der Waals surface area (Å²) in [5, 5.41) is 0. The Kier molecular flexibility index (Phi) is 4.10. The van der Waals surface area contributed by atoms with E-state index in [4.69, 9.17) is 10.3 Å². The number of nitrogens with two attached hydrogens (primary N) is 1. The third-order valence-corrected chi connectivity index (χ3v) is 4.02. The summed E-state index contributed by atoms with van der Waals surface area (Å²) in [6.45, 7) is 1.37. The van der Waals surface area contributed by atoms with E-state index in [0.29, 0.717) is 18.5 Å². The Morgan fingerprint density at radius 1 is 1.30 bits per heavy atom. The highest BCUT2D eigenvalue weighted by atomic mass is 32.2. The summed E-state index contributed by atoms with van der Waals surface area (Å²) in [6, 6.07) is 5.98. The molecule has 0 radical (unpaired) electrons. The van der Waals surface area contributed by atoms with Crippen LogP contribution in [0, 0.1) is 0 Å². The van der Waals surface area contributed by atoms with Crippen molar-refractivity contribution in [2.75, 3.05) is 6.54 Å². The summed E-state index contributed by atoms with van der Waals surface area (Å²) in [7, 11) is -4.16. The van der Waals surface area contributed by atoms with Crippen molar-refractivity contribution in [2.45, 2.75) is 24.3 Å². The monoisotopic (exact) mass is 296 g/mol. The molecule has 0 bridgehead atoms. The van der Waals surface area contributed by atoms with E-state index >= 15 is 0 Å². The Hall–Kier alpha value is -1.86. The zero-order valence-corrected chi connectivity index (χ0v) is 11.6. The Morgan fingerprint density at radius 2 is 1.95 bits per heavy atom. The number of benzene rings is 1. The van der Waals surface area contributed by atoms with Crippen LogP contribution in [0.5, 0.6) is 0 Å². The van der Waals surface area contributed by atoms with E-state index in [1.807, 2.05) is 4.90 Å². The van der Waals surface area contributed by atoms with E-state index in [1.165, 1.54) is 12.1 Å². The van der Waals surface area contributed by atoms with Gasteiger partial charge in [0.05, 0.1) is 4.90 Å². The van der Waals surface area contributed by atoms with Gasteiger partial charge in [-0.25, -0.2) is 0 Å². The second-order valence-electron chi connectivity index (χ2n) is 4.71. The number of carbonyl (C=O) groups excluding carboxylic acids is 1. The maximum Gasteiger partial charge on any atom is 0.294 e. The molecule has 0 aliphatic carbocycles. The van der Waals surface area contributed by atoms with Gasteiger partial charge in [0.2, 0.25) is 5.91 Å². The largest absolute Gasteiger partial charge is 0.373 e. The van der Waals surface area contributed by atoms with Crippen molar-refractivity contribution < 1.29 is 17.8 Å². The van der Waals surface area contributed by atoms with Crippen LogP contribution in [-0.4, -0.2) is 30.3 Å². The van der Waals surface area contributed by atoms with Crippen molar-refractivity contribution in [3.05, 3.63) is 41.6 Å². The van der Waals surface area contributed by atoms with Crippen molar-refractivity contribution in [2.24, 2.45) is 5.73 Å². The predicted octanol–water partition coefficient (Wildman–Crippen LogP) is 0.898. The standard InChI is InChI=1S/C13H16N2O4S/c14-13(16)11-2-1-7-15(9-11)8-10-3-5-12(6-4-10)20(17,18)19/h3-6,9H,1-2,7-8H2,(H2,14,16)(H,17,18,19). The number of rotatable bonds is 4. The zero-order chi connectivity index (χ0) is 14.8. The molecule has 0 atom stereocenters. The zero-order valence-electron chi connectivity index (χ0n) is 10.8. The third kappa shape index (κ3) is 3.58. The first kappa shape index (κ1) is 14.5. The second-order valence-corrected chi connectivity index (χ2v) is 6.13. The molecule has 1 aliphatic heterocycles. The van der Waals surface area contributed by atoms with Gasteiger partial charge in [0.1, 0.15) is 0 Å². The van der Waals surface area contributed by atoms with Crippen LogP contribution in [0.4, 0.5) is 0 Å². The fourth-order valence-electron chi connectivity index (χ4n) is 2.13. The van der Waals surface area contributed by atoms with Crippen LogP contribution >= 0.6 is 0 Å². The van der Waals surface area contributed by atoms with Gasteiger partial charge in [0.15, 0.2) is 0 Å². The Labute approximate surface area is 117 Å². The van der Waals surface area contributed by atoms with Crippen molar-refractivity contribution in [1.29, 1.82) is 0 Å². The molecule has 1 aromatic carbocycles. The van der Waals surface area contributed by atoms with Gasteiger partial charge in [-0.3, -0.25) is 9.35 Å². The molecule has 108 valence electrons. The first-order valence-electron chi connectivity index (χ1n) is 6.17. The Balaban J connectivity index is 2.11. The van der Waals surface area contributed by atoms with E-state index < -0.39 is 16.0 Å². The summed E-state index contributed by atoms with van der Waals surface area (Å²) in [6.07, 6.45) is 3.30. The molecule has 0 saturated carbocycles. The molecule has 1 aromatic rings. The number of hydrogen-bond donors (Lipinski definition) is 2. The van der Waals surface area contributed by atoms with Crippen molar-refractivity contribution in [1.82, 2.24) is 4.90 Å². The maximum atomic E-state index is 11.1. The predicted molar refractivity (Wildman–Crippen MR) is 73.2 cm³/mol. The van der Waals surface area contributed by atoms with Crippen molar-refractivity contribution in [3.63, 3.8) is 0 Å². The van der Waals surface area contributed by atoms with E-state index in [0.717, 1.165) is 18.5 Å². The quantitative estimate of drug-likeness (QED) is 0.804. The van der Waals surface area contributed by atoms with Crippen LogP contribution < -0.4 is 5.73 Å². The van der Waals surface area contributed by atoms with E-state index in [1.54, 1.807) is 18.3 Å². The van der Waals surface area contributed by atoms with Gasteiger partial charge < -0.3 is 10.6 Å². The van der Waals surface area contributed by atoms with Crippen molar-refractivity contribution >= 4 is 16.0 Å².